The smallest absolute Gasteiger partial charge is 0.128 e. The monoisotopic (exact) mass is 268 g/mol. The molecule has 2 aromatic rings. The Morgan fingerprint density at radius 2 is 1.95 bits per heavy atom. The Labute approximate surface area is 120 Å². The Bertz CT molecular complexity index is 598. The van der Waals surface area contributed by atoms with Crippen molar-refractivity contribution in [1.82, 2.24) is 4.98 Å². The van der Waals surface area contributed by atoms with Crippen LogP contribution in [0.5, 0.6) is 5.75 Å². The van der Waals surface area contributed by atoms with Gasteiger partial charge in [-0.3, -0.25) is 9.98 Å². The lowest BCUT2D eigenvalue weighted by Gasteiger charge is -2.21. The van der Waals surface area contributed by atoms with Gasteiger partial charge in [-0.1, -0.05) is 39.0 Å². The van der Waals surface area contributed by atoms with Crippen molar-refractivity contribution in [2.24, 2.45) is 4.99 Å². The number of aliphatic imine (C=N–C) groups is 1. The minimum atomic E-state index is -0.0884. The van der Waals surface area contributed by atoms with Crippen LogP contribution in [0, 0.1) is 0 Å². The molecular formula is C17H20N2O. The lowest BCUT2D eigenvalue weighted by Crippen LogP contribution is -2.11. The first kappa shape index (κ1) is 14.3. The molecule has 104 valence electrons. The molecule has 0 atom stereocenters. The highest BCUT2D eigenvalue weighted by Crippen LogP contribution is 2.32. The van der Waals surface area contributed by atoms with Crippen LogP contribution < -0.4 is 0 Å². The number of hydrogen-bond donors (Lipinski definition) is 1. The molecule has 3 heteroatoms. The van der Waals surface area contributed by atoms with Gasteiger partial charge in [0.1, 0.15) is 5.75 Å². The third kappa shape index (κ3) is 3.44. The first-order valence-electron chi connectivity index (χ1n) is 6.70. The van der Waals surface area contributed by atoms with Gasteiger partial charge < -0.3 is 5.11 Å². The number of pyridine rings is 1. The van der Waals surface area contributed by atoms with Crippen LogP contribution in [0.3, 0.4) is 0 Å². The molecular weight excluding hydrogens is 248 g/mol. The summed E-state index contributed by atoms with van der Waals surface area (Å²) >= 11 is 0. The minimum absolute atomic E-state index is 0.0884. The van der Waals surface area contributed by atoms with E-state index in [0.29, 0.717) is 12.3 Å². The maximum absolute atomic E-state index is 10.3. The Hall–Kier alpha value is -2.16. The second-order valence-corrected chi connectivity index (χ2v) is 5.78. The molecule has 1 aromatic carbocycles. The zero-order valence-electron chi connectivity index (χ0n) is 12.2. The van der Waals surface area contributed by atoms with Crippen LogP contribution in [0.4, 0.5) is 0 Å². The lowest BCUT2D eigenvalue weighted by molar-refractivity contribution is 0.446. The van der Waals surface area contributed by atoms with E-state index in [1.807, 2.05) is 36.4 Å². The SMILES string of the molecule is CC(C)(C)c1cccc(C=NCc2ccccn2)c1O. The average molecular weight is 268 g/mol. The first-order chi connectivity index (χ1) is 9.48. The van der Waals surface area contributed by atoms with E-state index in [2.05, 4.69) is 30.7 Å². The fourth-order valence-electron chi connectivity index (χ4n) is 2.00. The third-order valence-electron chi connectivity index (χ3n) is 3.09. The summed E-state index contributed by atoms with van der Waals surface area (Å²) in [5.74, 6) is 0.310. The number of benzene rings is 1. The van der Waals surface area contributed by atoms with Gasteiger partial charge in [-0.15, -0.1) is 0 Å². The molecule has 0 spiro atoms. The number of hydrogen-bond acceptors (Lipinski definition) is 3. The molecule has 0 aliphatic heterocycles. The summed E-state index contributed by atoms with van der Waals surface area (Å²) in [5, 5.41) is 10.3. The van der Waals surface area contributed by atoms with E-state index in [9.17, 15) is 5.11 Å². The topological polar surface area (TPSA) is 45.5 Å². The van der Waals surface area contributed by atoms with Gasteiger partial charge in [0.05, 0.1) is 12.2 Å². The van der Waals surface area contributed by atoms with Crippen molar-refractivity contribution in [1.29, 1.82) is 0 Å². The number of phenols is 1. The van der Waals surface area contributed by atoms with Crippen molar-refractivity contribution < 1.29 is 5.11 Å². The van der Waals surface area contributed by atoms with E-state index in [4.69, 9.17) is 0 Å². The Balaban J connectivity index is 2.18. The second-order valence-electron chi connectivity index (χ2n) is 5.78. The molecule has 0 unspecified atom stereocenters. The first-order valence-corrected chi connectivity index (χ1v) is 6.70. The predicted molar refractivity (Wildman–Crippen MR) is 82.3 cm³/mol. The molecule has 1 N–H and O–H groups in total. The molecule has 2 rings (SSSR count). The molecule has 20 heavy (non-hydrogen) atoms. The van der Waals surface area contributed by atoms with Crippen LogP contribution >= 0.6 is 0 Å². The maximum atomic E-state index is 10.3. The molecule has 1 heterocycles. The molecule has 0 aliphatic carbocycles. The second kappa shape index (κ2) is 5.87. The number of para-hydroxylation sites is 1. The van der Waals surface area contributed by atoms with Gasteiger partial charge >= 0.3 is 0 Å². The van der Waals surface area contributed by atoms with Crippen molar-refractivity contribution in [2.45, 2.75) is 32.7 Å². The van der Waals surface area contributed by atoms with E-state index in [1.54, 1.807) is 12.4 Å². The van der Waals surface area contributed by atoms with Crippen LogP contribution in [0.1, 0.15) is 37.6 Å². The summed E-state index contributed by atoms with van der Waals surface area (Å²) in [6, 6.07) is 11.5. The van der Waals surface area contributed by atoms with Crippen LogP contribution in [-0.4, -0.2) is 16.3 Å². The molecule has 0 bridgehead atoms. The lowest BCUT2D eigenvalue weighted by atomic mass is 9.85. The van der Waals surface area contributed by atoms with E-state index < -0.39 is 0 Å². The number of aromatic nitrogens is 1. The molecule has 0 saturated carbocycles. The van der Waals surface area contributed by atoms with Gasteiger partial charge in [-0.2, -0.15) is 0 Å². The summed E-state index contributed by atoms with van der Waals surface area (Å²) in [7, 11) is 0. The van der Waals surface area contributed by atoms with Gasteiger partial charge in [0.25, 0.3) is 0 Å². The van der Waals surface area contributed by atoms with Crippen molar-refractivity contribution in [2.75, 3.05) is 0 Å². The maximum Gasteiger partial charge on any atom is 0.128 e. The Morgan fingerprint density at radius 3 is 2.60 bits per heavy atom. The summed E-state index contributed by atoms with van der Waals surface area (Å²) in [4.78, 5) is 8.56. The van der Waals surface area contributed by atoms with Crippen molar-refractivity contribution in [3.63, 3.8) is 0 Å². The summed E-state index contributed by atoms with van der Waals surface area (Å²) in [6.45, 7) is 6.75. The van der Waals surface area contributed by atoms with Gasteiger partial charge in [0.15, 0.2) is 0 Å². The van der Waals surface area contributed by atoms with E-state index in [1.165, 1.54) is 0 Å². The summed E-state index contributed by atoms with van der Waals surface area (Å²) < 4.78 is 0. The predicted octanol–water partition coefficient (Wildman–Crippen LogP) is 3.70. The largest absolute Gasteiger partial charge is 0.507 e. The fraction of sp³-hybridized carbons (Fsp3) is 0.294. The average Bonchev–Trinajstić information content (AvgIpc) is 2.40. The quantitative estimate of drug-likeness (QED) is 0.863. The highest BCUT2D eigenvalue weighted by Gasteiger charge is 2.18. The van der Waals surface area contributed by atoms with Crippen molar-refractivity contribution >= 4 is 6.21 Å². The molecule has 1 aromatic heterocycles. The van der Waals surface area contributed by atoms with E-state index in [-0.39, 0.29) is 5.41 Å². The Morgan fingerprint density at radius 1 is 1.15 bits per heavy atom. The fourth-order valence-corrected chi connectivity index (χ4v) is 2.00. The molecule has 0 fully saturated rings. The van der Waals surface area contributed by atoms with Crippen LogP contribution in [0.25, 0.3) is 0 Å². The van der Waals surface area contributed by atoms with Crippen molar-refractivity contribution in [3.8, 4) is 5.75 Å². The highest BCUT2D eigenvalue weighted by atomic mass is 16.3. The molecule has 0 amide bonds. The van der Waals surface area contributed by atoms with Gasteiger partial charge in [0.2, 0.25) is 0 Å². The van der Waals surface area contributed by atoms with Gasteiger partial charge in [-0.25, -0.2) is 0 Å². The summed E-state index contributed by atoms with van der Waals surface area (Å²) in [5.41, 5.74) is 2.50. The molecule has 0 aliphatic rings. The molecule has 0 radical (unpaired) electrons. The van der Waals surface area contributed by atoms with Gasteiger partial charge in [0, 0.05) is 18.0 Å². The van der Waals surface area contributed by atoms with Gasteiger partial charge in [-0.05, 0) is 29.2 Å². The number of phenolic OH excluding ortho intramolecular Hbond substituents is 1. The minimum Gasteiger partial charge on any atom is -0.507 e. The zero-order chi connectivity index (χ0) is 14.6. The number of rotatable bonds is 3. The van der Waals surface area contributed by atoms with Crippen molar-refractivity contribution in [3.05, 3.63) is 59.4 Å². The molecule has 3 nitrogen and oxygen atoms in total. The van der Waals surface area contributed by atoms with E-state index >= 15 is 0 Å². The van der Waals surface area contributed by atoms with Crippen LogP contribution in [0.2, 0.25) is 0 Å². The third-order valence-corrected chi connectivity index (χ3v) is 3.09. The van der Waals surface area contributed by atoms with Crippen LogP contribution in [0.15, 0.2) is 47.6 Å². The van der Waals surface area contributed by atoms with Crippen LogP contribution in [-0.2, 0) is 12.0 Å². The number of nitrogens with zero attached hydrogens (tertiary/aromatic N) is 2. The van der Waals surface area contributed by atoms with E-state index in [0.717, 1.165) is 16.8 Å². The Kier molecular flexibility index (Phi) is 4.18. The molecule has 0 saturated heterocycles. The highest BCUT2D eigenvalue weighted by molar-refractivity contribution is 5.84. The normalized spacial score (nSPS) is 11.9. The zero-order valence-corrected chi connectivity index (χ0v) is 12.2. The standard InChI is InChI=1S/C17H20N2O/c1-17(2,3)15-9-6-7-13(16(15)20)11-18-12-14-8-4-5-10-19-14/h4-11,20H,12H2,1-3H3. The summed E-state index contributed by atoms with van der Waals surface area (Å²) in [6.07, 6.45) is 3.46. The number of aromatic hydroxyl groups is 1.